The van der Waals surface area contributed by atoms with Gasteiger partial charge in [-0.05, 0) is 126 Å². The summed E-state index contributed by atoms with van der Waals surface area (Å²) in [6.45, 7) is 56.8. The van der Waals surface area contributed by atoms with Crippen molar-refractivity contribution in [2.75, 3.05) is 0 Å². The number of nitrogens with zero attached hydrogens (tertiary/aromatic N) is 8. The van der Waals surface area contributed by atoms with E-state index in [0.717, 1.165) is 110 Å². The molecule has 0 aliphatic carbocycles. The molecule has 0 aliphatic rings. The lowest BCUT2D eigenvalue weighted by molar-refractivity contribution is 0.838. The molecule has 0 unspecified atom stereocenters. The Morgan fingerprint density at radius 1 is 0.223 bits per heavy atom. The number of hydrogen-bond acceptors (Lipinski definition) is 8. The second-order valence-electron chi connectivity index (χ2n) is 30.9. The minimum absolute atomic E-state index is 0.411. The van der Waals surface area contributed by atoms with Gasteiger partial charge in [0.15, 0.2) is 0 Å². The van der Waals surface area contributed by atoms with Crippen LogP contribution in [-0.4, -0.2) is 72.2 Å². The van der Waals surface area contributed by atoms with Crippen LogP contribution >= 0.6 is 0 Å². The van der Waals surface area contributed by atoms with Gasteiger partial charge in [0.25, 0.3) is 0 Å². The summed E-state index contributed by atoms with van der Waals surface area (Å²) >= 11 is 0. The molecule has 8 nitrogen and oxygen atoms in total. The van der Waals surface area contributed by atoms with Crippen LogP contribution in [0.3, 0.4) is 0 Å². The normalized spacial score (nSPS) is 13.1. The van der Waals surface area contributed by atoms with Crippen molar-refractivity contribution in [1.82, 2.24) is 39.9 Å². The number of rotatable bonds is 12. The summed E-state index contributed by atoms with van der Waals surface area (Å²) in [6.07, 6.45) is 0. The van der Waals surface area contributed by atoms with E-state index in [9.17, 15) is 0 Å². The molecule has 11 rings (SSSR count). The van der Waals surface area contributed by atoms with Gasteiger partial charge < -0.3 is 0 Å². The largest absolute Gasteiger partial charge is 0.243 e. The number of fused-ring (bicyclic) bond motifs is 12. The Bertz CT molecular complexity index is 4740. The lowest BCUT2D eigenvalue weighted by Gasteiger charge is -2.38. The molecule has 4 aromatic heterocycles. The Morgan fingerprint density at radius 3 is 0.617 bits per heavy atom. The third-order valence-corrected chi connectivity index (χ3v) is 47.7. The lowest BCUT2D eigenvalue weighted by atomic mass is 9.99. The molecule has 0 spiro atoms. The molecule has 0 N–H and O–H groups in total. The molecule has 4 heterocycles. The van der Waals surface area contributed by atoms with E-state index in [1.54, 1.807) is 0 Å². The van der Waals surface area contributed by atoms with E-state index in [-0.39, 0.29) is 0 Å². The summed E-state index contributed by atoms with van der Waals surface area (Å²) in [4.78, 5) is 45.3. The molecule has 0 aliphatic heterocycles. The van der Waals surface area contributed by atoms with Crippen LogP contribution < -0.4 is 0 Å². The first-order chi connectivity index (χ1) is 44.5. The zero-order valence-electron chi connectivity index (χ0n) is 60.6. The highest BCUT2D eigenvalue weighted by molar-refractivity contribution is 6.92. The van der Waals surface area contributed by atoms with Crippen LogP contribution in [0.2, 0.25) is 66.5 Å². The van der Waals surface area contributed by atoms with Crippen LogP contribution in [0.4, 0.5) is 0 Å². The third kappa shape index (κ3) is 10.9. The molecule has 0 radical (unpaired) electrons. The molecule has 94 heavy (non-hydrogen) atoms. The summed E-state index contributed by atoms with van der Waals surface area (Å²) < 4.78 is 0. The summed E-state index contributed by atoms with van der Waals surface area (Å²) in [5.74, 6) is 15.7. The van der Waals surface area contributed by atoms with Gasteiger partial charge in [-0.25, -0.2) is 39.9 Å². The number of hydrogen-bond donors (Lipinski definition) is 0. The summed E-state index contributed by atoms with van der Waals surface area (Å²) in [7, 11) is -9.10. The smallest absolute Gasteiger partial charge is 0.146 e. The van der Waals surface area contributed by atoms with Gasteiger partial charge >= 0.3 is 0 Å². The van der Waals surface area contributed by atoms with Gasteiger partial charge in [-0.1, -0.05) is 226 Å². The van der Waals surface area contributed by atoms with E-state index in [2.05, 4.69) is 261 Å². The van der Waals surface area contributed by atoms with E-state index < -0.39 is 32.3 Å². The fraction of sp³-hybridized carbons (Fsp3) is 0.439. The second kappa shape index (κ2) is 25.6. The van der Waals surface area contributed by atoms with Crippen molar-refractivity contribution in [3.8, 4) is 45.9 Å². The molecule has 0 bridgehead atoms. The number of benzene rings is 7. The average molecular weight is 1310 g/mol. The molecule has 11 aromatic rings. The summed E-state index contributed by atoms with van der Waals surface area (Å²) in [5, 5.41) is 3.98. The van der Waals surface area contributed by atoms with E-state index in [4.69, 9.17) is 39.9 Å². The molecular weight excluding hydrogens is 1210 g/mol. The van der Waals surface area contributed by atoms with Gasteiger partial charge in [-0.3, -0.25) is 0 Å². The maximum absolute atomic E-state index is 5.87. The van der Waals surface area contributed by atoms with Crippen LogP contribution in [0.25, 0.3) is 110 Å². The van der Waals surface area contributed by atoms with Gasteiger partial charge in [-0.15, -0.1) is 22.2 Å². The van der Waals surface area contributed by atoms with Crippen molar-refractivity contribution < 1.29 is 0 Å². The fourth-order valence-corrected chi connectivity index (χ4v) is 38.7. The summed E-state index contributed by atoms with van der Waals surface area (Å²) in [6, 6.07) is 29.5. The zero-order chi connectivity index (χ0) is 68.0. The molecule has 0 saturated carbocycles. The van der Waals surface area contributed by atoms with Crippen LogP contribution in [-0.2, 0) is 0 Å². The van der Waals surface area contributed by atoms with Gasteiger partial charge in [0.2, 0.25) is 0 Å². The topological polar surface area (TPSA) is 103 Å². The van der Waals surface area contributed by atoms with Crippen molar-refractivity contribution in [2.45, 2.75) is 233 Å². The lowest BCUT2D eigenvalue weighted by Crippen LogP contribution is -2.43. The highest BCUT2D eigenvalue weighted by Crippen LogP contribution is 2.46. The number of aromatic nitrogens is 8. The van der Waals surface area contributed by atoms with E-state index in [1.165, 1.54) is 0 Å². The van der Waals surface area contributed by atoms with Crippen LogP contribution in [0.1, 0.15) is 188 Å². The third-order valence-electron chi connectivity index (χ3n) is 22.5. The Hall–Kier alpha value is -7.43. The number of para-hydroxylation sites is 4. The van der Waals surface area contributed by atoms with Gasteiger partial charge in [0, 0.05) is 10.8 Å². The average Bonchev–Trinajstić information content (AvgIpc) is 0.721. The summed E-state index contributed by atoms with van der Waals surface area (Å²) in [5.41, 5.74) is 36.6. The fourth-order valence-electron chi connectivity index (χ4n) is 17.9. The molecule has 0 fully saturated rings. The highest BCUT2D eigenvalue weighted by atomic mass is 28.3. The molecule has 0 saturated heterocycles. The first kappa shape index (κ1) is 68.0. The molecule has 0 amide bonds. The van der Waals surface area contributed by atoms with Gasteiger partial charge in [0.05, 0.1) is 66.4 Å². The van der Waals surface area contributed by atoms with Crippen LogP contribution in [0.5, 0.6) is 0 Å². The highest BCUT2D eigenvalue weighted by Gasteiger charge is 2.45. The monoisotopic (exact) mass is 1310 g/mol. The van der Waals surface area contributed by atoms with Crippen molar-refractivity contribution in [3.63, 3.8) is 0 Å². The quantitative estimate of drug-likeness (QED) is 0.0516. The standard InChI is InChI=1S/C82H98N8Si4/c1-47(2)91(48(3)4,49(5)6)41-37-61-75-77(85-69-31-27-25-29-67(69)83-75)63(39-43-93(53(13)14,54(15)16)55(17)18)81-79(61)87-71-35-33-59-46-66-60(45-65(59)73(71)89-81)34-36-72-74(66)90-82-64(40-44-94(56(19)20,57(21)22)58(23)24)78-76(84-68-30-26-28-32-70(68)86-78)62(80(82)88-72)38-42-92(50(7)8,51(9)10)52(11)12/h25-36,45-58H,1-24H3. The molecule has 0 atom stereocenters. The second-order valence-corrected chi connectivity index (χ2v) is 53.2. The van der Waals surface area contributed by atoms with E-state index in [0.29, 0.717) is 88.6 Å². The van der Waals surface area contributed by atoms with Gasteiger partial charge in [0.1, 0.15) is 76.4 Å². The molecule has 12 heteroatoms. The maximum Gasteiger partial charge on any atom is 0.146 e. The Labute approximate surface area is 564 Å². The van der Waals surface area contributed by atoms with Crippen molar-refractivity contribution >= 4 is 142 Å². The Morgan fingerprint density at radius 2 is 0.415 bits per heavy atom. The SMILES string of the molecule is CC(C)[Si](C#Cc1c2nc3ccccc3nc2c(C#C[Si](C(C)C)(C(C)C)C(C)C)c2nc3c(ccc4cc5c(ccc6nc7c(C#C[Si](C(C)C)(C(C)C)C(C)C)c8nc9ccccc9nc8c(C#C[Si](C(C)C)(C(C)C)C(C)C)c7nc65)cc43)nc12)(C(C)C)C(C)C. The first-order valence-electron chi connectivity index (χ1n) is 35.0. The minimum Gasteiger partial charge on any atom is -0.243 e. The van der Waals surface area contributed by atoms with E-state index in [1.807, 2.05) is 36.4 Å². The Balaban J connectivity index is 1.28. The maximum atomic E-state index is 5.87. The Kier molecular flexibility index (Phi) is 18.5. The van der Waals surface area contributed by atoms with Crippen molar-refractivity contribution in [1.29, 1.82) is 0 Å². The predicted octanol–water partition coefficient (Wildman–Crippen LogP) is 22.7. The first-order valence-corrected chi connectivity index (χ1v) is 44.0. The van der Waals surface area contributed by atoms with E-state index >= 15 is 0 Å². The molecule has 482 valence electrons. The zero-order valence-corrected chi connectivity index (χ0v) is 64.6. The predicted molar refractivity (Wildman–Crippen MR) is 416 cm³/mol. The van der Waals surface area contributed by atoms with Crippen molar-refractivity contribution in [2.24, 2.45) is 0 Å². The van der Waals surface area contributed by atoms with Gasteiger partial charge in [-0.2, -0.15) is 0 Å². The van der Waals surface area contributed by atoms with Crippen LogP contribution in [0, 0.1) is 45.9 Å². The minimum atomic E-state index is -2.29. The molecule has 7 aromatic carbocycles. The van der Waals surface area contributed by atoms with Crippen LogP contribution in [0.15, 0.2) is 84.9 Å². The molecular formula is C82H98N8Si4. The van der Waals surface area contributed by atoms with Crippen molar-refractivity contribution in [3.05, 3.63) is 107 Å².